The molecule has 0 bridgehead atoms. The van der Waals surface area contributed by atoms with Gasteiger partial charge in [0.1, 0.15) is 0 Å². The van der Waals surface area contributed by atoms with Crippen LogP contribution in [0.15, 0.2) is 0 Å². The molecule has 3 N–H and O–H groups in total. The van der Waals surface area contributed by atoms with Gasteiger partial charge in [-0.05, 0) is 12.6 Å². The lowest BCUT2D eigenvalue weighted by Gasteiger charge is -1.86. The Balaban J connectivity index is 2.97. The van der Waals surface area contributed by atoms with Gasteiger partial charge >= 0.3 is 0 Å². The van der Waals surface area contributed by atoms with Gasteiger partial charge in [-0.25, -0.2) is 0 Å². The molecule has 0 fully saturated rings. The van der Waals surface area contributed by atoms with Crippen molar-refractivity contribution in [2.75, 3.05) is 0 Å². The molecule has 0 heterocycles. The molecule has 0 aromatic rings. The van der Waals surface area contributed by atoms with Gasteiger partial charge < -0.3 is 11.1 Å². The van der Waals surface area contributed by atoms with Crippen LogP contribution in [0, 0.1) is 5.41 Å². The van der Waals surface area contributed by atoms with Crippen molar-refractivity contribution in [3.8, 4) is 0 Å². The Morgan fingerprint density at radius 1 is 1.86 bits per heavy atom. The van der Waals surface area contributed by atoms with E-state index < -0.39 is 0 Å². The topological polar surface area (TPSA) is 49.9 Å². The zero-order chi connectivity index (χ0) is 5.70. The van der Waals surface area contributed by atoms with Crippen LogP contribution < -0.4 is 5.73 Å². The molecule has 0 aliphatic heterocycles. The van der Waals surface area contributed by atoms with E-state index in [2.05, 4.69) is 12.2 Å². The van der Waals surface area contributed by atoms with Crippen molar-refractivity contribution in [2.45, 2.75) is 12.8 Å². The van der Waals surface area contributed by atoms with E-state index >= 15 is 0 Å². The highest BCUT2D eigenvalue weighted by Crippen LogP contribution is 1.81. The molecular formula is C4H8N2S. The zero-order valence-electron chi connectivity index (χ0n) is 3.98. The first kappa shape index (κ1) is 6.56. The van der Waals surface area contributed by atoms with Gasteiger partial charge in [-0.15, -0.1) is 0 Å². The number of hydrogen-bond donors (Lipinski definition) is 2. The minimum atomic E-state index is 0.489. The van der Waals surface area contributed by atoms with E-state index in [0.717, 1.165) is 0 Å². The Morgan fingerprint density at radius 3 is 2.57 bits per heavy atom. The molecule has 3 heteroatoms. The summed E-state index contributed by atoms with van der Waals surface area (Å²) in [5.41, 5.74) is 5.11. The van der Waals surface area contributed by atoms with Gasteiger partial charge in [0, 0.05) is 6.42 Å². The van der Waals surface area contributed by atoms with Gasteiger partial charge in [-0.2, -0.15) is 0 Å². The van der Waals surface area contributed by atoms with E-state index in [4.69, 9.17) is 11.1 Å². The predicted molar refractivity (Wildman–Crippen MR) is 34.8 cm³/mol. The van der Waals surface area contributed by atoms with Crippen LogP contribution in [0.3, 0.4) is 0 Å². The van der Waals surface area contributed by atoms with Crippen LogP contribution in [0.5, 0.6) is 0 Å². The first-order valence-electron chi connectivity index (χ1n) is 2.04. The molecule has 7 heavy (non-hydrogen) atoms. The lowest BCUT2D eigenvalue weighted by atomic mass is 10.3. The lowest BCUT2D eigenvalue weighted by Crippen LogP contribution is -2.06. The van der Waals surface area contributed by atoms with E-state index in [-0.39, 0.29) is 0 Å². The molecule has 0 saturated heterocycles. The molecule has 0 saturated carbocycles. The van der Waals surface area contributed by atoms with E-state index in [1.807, 2.05) is 0 Å². The maximum Gasteiger partial charge on any atom is 0.0731 e. The Hall–Kier alpha value is -0.440. The lowest BCUT2D eigenvalue weighted by molar-refractivity contribution is 1.16. The molecule has 0 aliphatic rings. The van der Waals surface area contributed by atoms with E-state index in [1.54, 1.807) is 0 Å². The summed E-state index contributed by atoms with van der Waals surface area (Å²) in [5, 5.41) is 6.56. The highest BCUT2D eigenvalue weighted by Gasteiger charge is 1.82. The fourth-order valence-electron chi connectivity index (χ4n) is 0.214. The molecule has 0 aromatic carbocycles. The fraction of sp³-hybridized carbons (Fsp3) is 0.500. The third-order valence-electron chi connectivity index (χ3n) is 0.535. The molecule has 0 aromatic heterocycles. The highest BCUT2D eigenvalue weighted by molar-refractivity contribution is 7.80. The van der Waals surface area contributed by atoms with Gasteiger partial charge in [0.2, 0.25) is 0 Å². The second-order valence-corrected chi connectivity index (χ2v) is 1.73. The quantitative estimate of drug-likeness (QED) is 0.421. The van der Waals surface area contributed by atoms with Crippen LogP contribution in [0.1, 0.15) is 12.8 Å². The standard InChI is InChI=1S/C4H8N2S/c5-3-1-2-4(6)7/h3,5H,1-2H2,(H2,6,7). The van der Waals surface area contributed by atoms with Crippen LogP contribution in [0.25, 0.3) is 0 Å². The molecule has 0 amide bonds. The summed E-state index contributed by atoms with van der Waals surface area (Å²) in [7, 11) is 0. The SMILES string of the molecule is N=CCCC(N)=S. The largest absolute Gasteiger partial charge is 0.393 e. The van der Waals surface area contributed by atoms with Gasteiger partial charge in [-0.1, -0.05) is 12.2 Å². The molecule has 40 valence electrons. The number of nitrogens with two attached hydrogens (primary N) is 1. The summed E-state index contributed by atoms with van der Waals surface area (Å²) in [4.78, 5) is 0.489. The summed E-state index contributed by atoms with van der Waals surface area (Å²) in [6, 6.07) is 0. The van der Waals surface area contributed by atoms with Crippen LogP contribution >= 0.6 is 12.2 Å². The average Bonchev–Trinajstić information content (AvgIpc) is 1.61. The molecule has 0 aliphatic carbocycles. The molecule has 2 nitrogen and oxygen atoms in total. The summed E-state index contributed by atoms with van der Waals surface area (Å²) < 4.78 is 0. The van der Waals surface area contributed by atoms with Crippen LogP contribution in [-0.2, 0) is 0 Å². The molecular weight excluding hydrogens is 108 g/mol. The summed E-state index contributed by atoms with van der Waals surface area (Å²) in [6.45, 7) is 0. The summed E-state index contributed by atoms with van der Waals surface area (Å²) in [6.07, 6.45) is 2.65. The van der Waals surface area contributed by atoms with Crippen molar-refractivity contribution in [1.29, 1.82) is 5.41 Å². The fourth-order valence-corrected chi connectivity index (χ4v) is 0.332. The van der Waals surface area contributed by atoms with Crippen molar-refractivity contribution >= 4 is 23.4 Å². The Bertz CT molecular complexity index is 79.8. The maximum absolute atomic E-state index is 6.56. The third kappa shape index (κ3) is 5.56. The zero-order valence-corrected chi connectivity index (χ0v) is 4.79. The number of nitrogens with one attached hydrogen (secondary N) is 1. The normalized spacial score (nSPS) is 8.00. The van der Waals surface area contributed by atoms with E-state index in [1.165, 1.54) is 6.21 Å². The minimum Gasteiger partial charge on any atom is -0.393 e. The van der Waals surface area contributed by atoms with Crippen molar-refractivity contribution in [3.05, 3.63) is 0 Å². The average molecular weight is 116 g/mol. The smallest absolute Gasteiger partial charge is 0.0731 e. The van der Waals surface area contributed by atoms with E-state index in [0.29, 0.717) is 17.8 Å². The van der Waals surface area contributed by atoms with Crippen molar-refractivity contribution in [1.82, 2.24) is 0 Å². The minimum absolute atomic E-state index is 0.489. The van der Waals surface area contributed by atoms with Crippen molar-refractivity contribution in [3.63, 3.8) is 0 Å². The second-order valence-electron chi connectivity index (χ2n) is 1.21. The second kappa shape index (κ2) is 3.74. The molecule has 0 spiro atoms. The Kier molecular flexibility index (Phi) is 3.50. The van der Waals surface area contributed by atoms with Gasteiger partial charge in [0.25, 0.3) is 0 Å². The Labute approximate surface area is 48.2 Å². The number of hydrogen-bond acceptors (Lipinski definition) is 2. The molecule has 0 atom stereocenters. The monoisotopic (exact) mass is 116 g/mol. The molecule has 0 radical (unpaired) electrons. The van der Waals surface area contributed by atoms with Gasteiger partial charge in [0.15, 0.2) is 0 Å². The maximum atomic E-state index is 6.56. The van der Waals surface area contributed by atoms with Gasteiger partial charge in [0.05, 0.1) is 4.99 Å². The van der Waals surface area contributed by atoms with Gasteiger partial charge in [-0.3, -0.25) is 0 Å². The summed E-state index contributed by atoms with van der Waals surface area (Å²) in [5.74, 6) is 0. The van der Waals surface area contributed by atoms with Crippen LogP contribution in [-0.4, -0.2) is 11.2 Å². The first-order valence-corrected chi connectivity index (χ1v) is 2.45. The van der Waals surface area contributed by atoms with Crippen molar-refractivity contribution < 1.29 is 0 Å². The highest BCUT2D eigenvalue weighted by atomic mass is 32.1. The number of rotatable bonds is 3. The number of thiocarbonyl (C=S) groups is 1. The molecule has 0 unspecified atom stereocenters. The van der Waals surface area contributed by atoms with Crippen molar-refractivity contribution in [2.24, 2.45) is 5.73 Å². The predicted octanol–water partition coefficient (Wildman–Crippen LogP) is 0.702. The Morgan fingerprint density at radius 2 is 2.43 bits per heavy atom. The third-order valence-corrected chi connectivity index (χ3v) is 0.739. The van der Waals surface area contributed by atoms with Crippen LogP contribution in [0.2, 0.25) is 0 Å². The van der Waals surface area contributed by atoms with Crippen LogP contribution in [0.4, 0.5) is 0 Å². The summed E-state index contributed by atoms with van der Waals surface area (Å²) >= 11 is 4.54. The van der Waals surface area contributed by atoms with E-state index in [9.17, 15) is 0 Å². The first-order chi connectivity index (χ1) is 3.27. The molecule has 0 rings (SSSR count).